The van der Waals surface area contributed by atoms with Crippen molar-refractivity contribution in [2.75, 3.05) is 0 Å². The molecule has 0 aliphatic carbocycles. The molecule has 2 aromatic heterocycles. The fraction of sp³-hybridized carbons (Fsp3) is 0. The third kappa shape index (κ3) is 1.58. The topological polar surface area (TPSA) is 72.4 Å². The van der Waals surface area contributed by atoms with Gasteiger partial charge in [-0.2, -0.15) is 0 Å². The first-order valence-corrected chi connectivity index (χ1v) is 4.94. The molecule has 0 spiro atoms. The molecule has 0 aromatic carbocycles. The number of hydrogen-bond acceptors (Lipinski definition) is 3. The monoisotopic (exact) mass is 302 g/mol. The number of imidazole rings is 1. The van der Waals surface area contributed by atoms with Crippen LogP contribution >= 0.6 is 22.6 Å². The lowest BCUT2D eigenvalue weighted by molar-refractivity contribution is 0.0949. The number of nitrogens with two attached hydrogens (primary N) is 1. The standard InChI is InChI=1S/C8H7IN4O/c9-5-1-2-7-11-6(8(14)12-10)4-13(7)3-5/h1-4H,10H2,(H,12,14). The van der Waals surface area contributed by atoms with E-state index in [1.54, 1.807) is 10.6 Å². The average molecular weight is 302 g/mol. The molecule has 0 aliphatic rings. The Morgan fingerprint density at radius 3 is 3.00 bits per heavy atom. The minimum atomic E-state index is -0.385. The van der Waals surface area contributed by atoms with Gasteiger partial charge in [0.05, 0.1) is 0 Å². The van der Waals surface area contributed by atoms with Gasteiger partial charge in [-0.05, 0) is 34.7 Å². The van der Waals surface area contributed by atoms with Gasteiger partial charge in [0.25, 0.3) is 5.91 Å². The molecule has 2 heterocycles. The number of nitrogen functional groups attached to an aromatic ring is 1. The van der Waals surface area contributed by atoms with Gasteiger partial charge in [-0.1, -0.05) is 0 Å². The molecule has 3 N–H and O–H groups in total. The lowest BCUT2D eigenvalue weighted by atomic mass is 10.5. The molecule has 0 radical (unpaired) electrons. The van der Waals surface area contributed by atoms with Gasteiger partial charge in [-0.15, -0.1) is 0 Å². The number of hydrazine groups is 1. The maximum Gasteiger partial charge on any atom is 0.285 e. The molecule has 14 heavy (non-hydrogen) atoms. The summed E-state index contributed by atoms with van der Waals surface area (Å²) in [5, 5.41) is 0. The summed E-state index contributed by atoms with van der Waals surface area (Å²) in [6.07, 6.45) is 3.52. The summed E-state index contributed by atoms with van der Waals surface area (Å²) in [5.41, 5.74) is 3.08. The number of carbonyl (C=O) groups is 1. The van der Waals surface area contributed by atoms with Crippen LogP contribution in [0.2, 0.25) is 0 Å². The number of rotatable bonds is 1. The second-order valence-corrected chi connectivity index (χ2v) is 3.96. The van der Waals surface area contributed by atoms with E-state index in [4.69, 9.17) is 5.84 Å². The summed E-state index contributed by atoms with van der Waals surface area (Å²) in [7, 11) is 0. The molecular formula is C8H7IN4O. The van der Waals surface area contributed by atoms with Crippen molar-refractivity contribution in [1.82, 2.24) is 14.8 Å². The zero-order chi connectivity index (χ0) is 10.1. The number of nitrogens with one attached hydrogen (secondary N) is 1. The Labute approximate surface area is 93.4 Å². The minimum absolute atomic E-state index is 0.314. The van der Waals surface area contributed by atoms with Crippen molar-refractivity contribution >= 4 is 34.1 Å². The maximum atomic E-state index is 11.2. The Hall–Kier alpha value is -1.15. The molecule has 1 amide bonds. The van der Waals surface area contributed by atoms with Crippen LogP contribution in [0.15, 0.2) is 24.5 Å². The highest BCUT2D eigenvalue weighted by Gasteiger charge is 2.08. The van der Waals surface area contributed by atoms with E-state index in [2.05, 4.69) is 27.6 Å². The lowest BCUT2D eigenvalue weighted by Gasteiger charge is -1.91. The van der Waals surface area contributed by atoms with Crippen molar-refractivity contribution < 1.29 is 4.79 Å². The number of aromatic nitrogens is 2. The van der Waals surface area contributed by atoms with Crippen molar-refractivity contribution in [3.8, 4) is 0 Å². The predicted molar refractivity (Wildman–Crippen MR) is 59.6 cm³/mol. The van der Waals surface area contributed by atoms with Gasteiger partial charge < -0.3 is 4.40 Å². The molecule has 0 saturated heterocycles. The molecule has 2 aromatic rings. The number of halogens is 1. The van der Waals surface area contributed by atoms with Gasteiger partial charge >= 0.3 is 0 Å². The van der Waals surface area contributed by atoms with Crippen LogP contribution in [0.3, 0.4) is 0 Å². The molecule has 0 unspecified atom stereocenters. The summed E-state index contributed by atoms with van der Waals surface area (Å²) in [6.45, 7) is 0. The van der Waals surface area contributed by atoms with Gasteiger partial charge in [-0.3, -0.25) is 10.2 Å². The van der Waals surface area contributed by atoms with E-state index in [-0.39, 0.29) is 5.91 Å². The largest absolute Gasteiger partial charge is 0.305 e. The molecule has 0 fully saturated rings. The summed E-state index contributed by atoms with van der Waals surface area (Å²) >= 11 is 2.19. The van der Waals surface area contributed by atoms with Crippen molar-refractivity contribution in [2.45, 2.75) is 0 Å². The number of carbonyl (C=O) groups excluding carboxylic acids is 1. The zero-order valence-electron chi connectivity index (χ0n) is 7.07. The second-order valence-electron chi connectivity index (χ2n) is 2.71. The molecule has 0 atom stereocenters. The summed E-state index contributed by atoms with van der Waals surface area (Å²) in [4.78, 5) is 15.2. The molecule has 0 bridgehead atoms. The Kier molecular flexibility index (Phi) is 2.38. The molecule has 2 rings (SSSR count). The fourth-order valence-corrected chi connectivity index (χ4v) is 1.63. The van der Waals surface area contributed by atoms with Crippen LogP contribution in [0, 0.1) is 3.57 Å². The SMILES string of the molecule is NNC(=O)c1cn2cc(I)ccc2n1. The molecular weight excluding hydrogens is 295 g/mol. The van der Waals surface area contributed by atoms with Crippen molar-refractivity contribution in [2.24, 2.45) is 5.84 Å². The van der Waals surface area contributed by atoms with Crippen molar-refractivity contribution in [3.05, 3.63) is 33.8 Å². The number of amides is 1. The highest BCUT2D eigenvalue weighted by Crippen LogP contribution is 2.09. The summed E-state index contributed by atoms with van der Waals surface area (Å²) in [6, 6.07) is 3.77. The molecule has 0 aliphatic heterocycles. The number of fused-ring (bicyclic) bond motifs is 1. The third-order valence-electron chi connectivity index (χ3n) is 1.78. The van der Waals surface area contributed by atoms with Crippen molar-refractivity contribution in [3.63, 3.8) is 0 Å². The smallest absolute Gasteiger partial charge is 0.285 e. The molecule has 6 heteroatoms. The fourth-order valence-electron chi connectivity index (χ4n) is 1.15. The number of hydrogen-bond donors (Lipinski definition) is 2. The Morgan fingerprint density at radius 2 is 2.29 bits per heavy atom. The van der Waals surface area contributed by atoms with E-state index in [9.17, 15) is 4.79 Å². The minimum Gasteiger partial charge on any atom is -0.305 e. The second kappa shape index (κ2) is 3.54. The first kappa shape index (κ1) is 9.41. The zero-order valence-corrected chi connectivity index (χ0v) is 9.22. The number of nitrogens with zero attached hydrogens (tertiary/aromatic N) is 2. The van der Waals surface area contributed by atoms with E-state index in [1.165, 1.54) is 0 Å². The van der Waals surface area contributed by atoms with Crippen LogP contribution in [-0.2, 0) is 0 Å². The van der Waals surface area contributed by atoms with Gasteiger partial charge in [0.1, 0.15) is 11.3 Å². The van der Waals surface area contributed by atoms with Gasteiger partial charge in [0.15, 0.2) is 0 Å². The first-order chi connectivity index (χ1) is 6.70. The van der Waals surface area contributed by atoms with Gasteiger partial charge in [0, 0.05) is 16.0 Å². The van der Waals surface area contributed by atoms with E-state index < -0.39 is 0 Å². The Morgan fingerprint density at radius 1 is 1.50 bits per heavy atom. The van der Waals surface area contributed by atoms with Crippen LogP contribution in [0.25, 0.3) is 5.65 Å². The first-order valence-electron chi connectivity index (χ1n) is 3.86. The third-order valence-corrected chi connectivity index (χ3v) is 2.42. The quantitative estimate of drug-likeness (QED) is 0.349. The van der Waals surface area contributed by atoms with Crippen LogP contribution < -0.4 is 11.3 Å². The van der Waals surface area contributed by atoms with Crippen LogP contribution in [0.1, 0.15) is 10.5 Å². The van der Waals surface area contributed by atoms with Crippen molar-refractivity contribution in [1.29, 1.82) is 0 Å². The summed E-state index contributed by atoms with van der Waals surface area (Å²) in [5.74, 6) is 4.62. The predicted octanol–water partition coefficient (Wildman–Crippen LogP) is 0.542. The Balaban J connectivity index is 2.56. The van der Waals surface area contributed by atoms with E-state index >= 15 is 0 Å². The Bertz CT molecular complexity index is 493. The molecule has 0 saturated carbocycles. The van der Waals surface area contributed by atoms with E-state index in [0.29, 0.717) is 5.69 Å². The van der Waals surface area contributed by atoms with E-state index in [1.807, 2.05) is 23.8 Å². The van der Waals surface area contributed by atoms with Gasteiger partial charge in [-0.25, -0.2) is 10.8 Å². The van der Waals surface area contributed by atoms with Crippen LogP contribution in [0.4, 0.5) is 0 Å². The van der Waals surface area contributed by atoms with Crippen LogP contribution in [-0.4, -0.2) is 15.3 Å². The highest BCUT2D eigenvalue weighted by atomic mass is 127. The highest BCUT2D eigenvalue weighted by molar-refractivity contribution is 14.1. The van der Waals surface area contributed by atoms with Gasteiger partial charge in [0.2, 0.25) is 0 Å². The van der Waals surface area contributed by atoms with E-state index in [0.717, 1.165) is 9.22 Å². The lowest BCUT2D eigenvalue weighted by Crippen LogP contribution is -2.30. The van der Waals surface area contributed by atoms with Crippen LogP contribution in [0.5, 0.6) is 0 Å². The normalized spacial score (nSPS) is 10.4. The number of pyridine rings is 1. The average Bonchev–Trinajstić information content (AvgIpc) is 2.59. The molecule has 5 nitrogen and oxygen atoms in total. The maximum absolute atomic E-state index is 11.2. The summed E-state index contributed by atoms with van der Waals surface area (Å²) < 4.78 is 2.86. The molecule has 72 valence electrons.